The molecular weight excluding hydrogens is 370 g/mol. The highest BCUT2D eigenvalue weighted by Crippen LogP contribution is 2.33. The molecule has 6 heteroatoms. The minimum Gasteiger partial charge on any atom is -0.497 e. The molecule has 1 aromatic carbocycles. The van der Waals surface area contributed by atoms with Crippen molar-refractivity contribution in [2.75, 3.05) is 12.4 Å². The molecule has 0 saturated carbocycles. The minimum atomic E-state index is -0.208. The molecule has 5 nitrogen and oxygen atoms in total. The second-order valence-electron chi connectivity index (χ2n) is 6.09. The summed E-state index contributed by atoms with van der Waals surface area (Å²) in [5, 5.41) is 4.99. The molecule has 1 amide bonds. The number of ether oxygens (including phenoxy) is 1. The van der Waals surface area contributed by atoms with Crippen LogP contribution in [-0.2, 0) is 0 Å². The van der Waals surface area contributed by atoms with E-state index in [4.69, 9.17) is 4.74 Å². The largest absolute Gasteiger partial charge is 0.497 e. The Labute approximate surface area is 166 Å². The van der Waals surface area contributed by atoms with Gasteiger partial charge in [-0.25, -0.2) is 0 Å². The Hall–Kier alpha value is -3.51. The lowest BCUT2D eigenvalue weighted by Crippen LogP contribution is -2.12. The highest BCUT2D eigenvalue weighted by molar-refractivity contribution is 7.14. The average molecular weight is 387 g/mol. The van der Waals surface area contributed by atoms with Crippen LogP contribution in [0, 0.1) is 0 Å². The van der Waals surface area contributed by atoms with Gasteiger partial charge in [0.2, 0.25) is 0 Å². The maximum atomic E-state index is 12.5. The van der Waals surface area contributed by atoms with Gasteiger partial charge >= 0.3 is 0 Å². The molecule has 0 aliphatic heterocycles. The molecule has 0 unspecified atom stereocenters. The van der Waals surface area contributed by atoms with Crippen LogP contribution in [0.5, 0.6) is 5.75 Å². The molecule has 3 aromatic heterocycles. The zero-order valence-corrected chi connectivity index (χ0v) is 15.9. The van der Waals surface area contributed by atoms with Gasteiger partial charge in [0.15, 0.2) is 0 Å². The van der Waals surface area contributed by atoms with Gasteiger partial charge in [-0.15, -0.1) is 11.3 Å². The van der Waals surface area contributed by atoms with Crippen molar-refractivity contribution < 1.29 is 9.53 Å². The lowest BCUT2D eigenvalue weighted by atomic mass is 10.1. The number of carbonyl (C=O) groups is 1. The SMILES string of the molecule is COc1cccc(C(=O)Nc2cncc(-c3cc(-c4cccnc4)cs3)c2)c1. The molecule has 4 aromatic rings. The predicted octanol–water partition coefficient (Wildman–Crippen LogP) is 5.13. The van der Waals surface area contributed by atoms with Gasteiger partial charge < -0.3 is 10.1 Å². The highest BCUT2D eigenvalue weighted by Gasteiger charge is 2.10. The number of nitrogens with zero attached hydrogens (tertiary/aromatic N) is 2. The van der Waals surface area contributed by atoms with Crippen LogP contribution in [0.1, 0.15) is 10.4 Å². The van der Waals surface area contributed by atoms with Gasteiger partial charge in [0.1, 0.15) is 5.75 Å². The summed E-state index contributed by atoms with van der Waals surface area (Å²) < 4.78 is 5.18. The summed E-state index contributed by atoms with van der Waals surface area (Å²) in [5.74, 6) is 0.432. The Morgan fingerprint density at radius 1 is 0.964 bits per heavy atom. The van der Waals surface area contributed by atoms with E-state index in [1.54, 1.807) is 61.3 Å². The van der Waals surface area contributed by atoms with E-state index >= 15 is 0 Å². The molecule has 0 aliphatic rings. The molecule has 0 atom stereocenters. The number of methoxy groups -OCH3 is 1. The molecule has 0 spiro atoms. The first-order valence-corrected chi connectivity index (χ1v) is 9.50. The van der Waals surface area contributed by atoms with E-state index in [1.807, 2.05) is 24.4 Å². The fourth-order valence-corrected chi connectivity index (χ4v) is 3.68. The summed E-state index contributed by atoms with van der Waals surface area (Å²) in [6.07, 6.45) is 7.03. The molecule has 1 N–H and O–H groups in total. The summed E-state index contributed by atoms with van der Waals surface area (Å²) in [7, 11) is 1.57. The van der Waals surface area contributed by atoms with E-state index in [2.05, 4.69) is 26.7 Å². The van der Waals surface area contributed by atoms with Crippen LogP contribution in [0.3, 0.4) is 0 Å². The number of anilines is 1. The van der Waals surface area contributed by atoms with Crippen molar-refractivity contribution >= 4 is 22.9 Å². The number of hydrogen-bond donors (Lipinski definition) is 1. The maximum absolute atomic E-state index is 12.5. The number of aromatic nitrogens is 2. The molecule has 0 fully saturated rings. The zero-order chi connectivity index (χ0) is 19.3. The Morgan fingerprint density at radius 2 is 1.86 bits per heavy atom. The number of benzene rings is 1. The van der Waals surface area contributed by atoms with E-state index in [0.717, 1.165) is 21.6 Å². The Bertz CT molecular complexity index is 1110. The van der Waals surface area contributed by atoms with Crippen LogP contribution >= 0.6 is 11.3 Å². The molecule has 3 heterocycles. The van der Waals surface area contributed by atoms with Crippen LogP contribution in [0.15, 0.2) is 78.7 Å². The lowest BCUT2D eigenvalue weighted by Gasteiger charge is -2.07. The normalized spacial score (nSPS) is 10.5. The summed E-state index contributed by atoms with van der Waals surface area (Å²) in [6, 6.07) is 15.0. The molecule has 138 valence electrons. The first kappa shape index (κ1) is 17.9. The summed E-state index contributed by atoms with van der Waals surface area (Å²) in [6.45, 7) is 0. The van der Waals surface area contributed by atoms with Crippen LogP contribution in [0.2, 0.25) is 0 Å². The van der Waals surface area contributed by atoms with Crippen molar-refractivity contribution in [2.45, 2.75) is 0 Å². The van der Waals surface area contributed by atoms with E-state index in [1.165, 1.54) is 0 Å². The second-order valence-corrected chi connectivity index (χ2v) is 7.00. The van der Waals surface area contributed by atoms with Gasteiger partial charge in [0, 0.05) is 40.2 Å². The number of nitrogens with one attached hydrogen (secondary N) is 1. The fourth-order valence-electron chi connectivity index (χ4n) is 2.78. The van der Waals surface area contributed by atoms with Gasteiger partial charge in [-0.2, -0.15) is 0 Å². The van der Waals surface area contributed by atoms with Crippen molar-refractivity contribution in [1.29, 1.82) is 0 Å². The molecule has 0 radical (unpaired) electrons. The van der Waals surface area contributed by atoms with Gasteiger partial charge in [-0.3, -0.25) is 14.8 Å². The first-order valence-electron chi connectivity index (χ1n) is 8.63. The summed E-state index contributed by atoms with van der Waals surface area (Å²) in [5.41, 5.74) is 4.30. The van der Waals surface area contributed by atoms with Gasteiger partial charge in [0.05, 0.1) is 19.0 Å². The predicted molar refractivity (Wildman–Crippen MR) is 112 cm³/mol. The van der Waals surface area contributed by atoms with E-state index in [0.29, 0.717) is 17.0 Å². The van der Waals surface area contributed by atoms with E-state index in [9.17, 15) is 4.79 Å². The summed E-state index contributed by atoms with van der Waals surface area (Å²) in [4.78, 5) is 22.0. The highest BCUT2D eigenvalue weighted by atomic mass is 32.1. The quantitative estimate of drug-likeness (QED) is 0.515. The zero-order valence-electron chi connectivity index (χ0n) is 15.1. The van der Waals surface area contributed by atoms with Gasteiger partial charge in [-0.1, -0.05) is 12.1 Å². The smallest absolute Gasteiger partial charge is 0.255 e. The molecule has 0 aliphatic carbocycles. The average Bonchev–Trinajstić information content (AvgIpc) is 3.25. The van der Waals surface area contributed by atoms with Crippen molar-refractivity contribution in [3.8, 4) is 27.3 Å². The van der Waals surface area contributed by atoms with Crippen LogP contribution in [-0.4, -0.2) is 23.0 Å². The Balaban J connectivity index is 1.55. The molecule has 0 bridgehead atoms. The number of amides is 1. The third-order valence-electron chi connectivity index (χ3n) is 4.21. The Kier molecular flexibility index (Phi) is 5.12. The second kappa shape index (κ2) is 8.02. The Morgan fingerprint density at radius 3 is 2.68 bits per heavy atom. The number of thiophene rings is 1. The first-order chi connectivity index (χ1) is 13.7. The van der Waals surface area contributed by atoms with Crippen LogP contribution in [0.25, 0.3) is 21.6 Å². The molecule has 0 saturated heterocycles. The lowest BCUT2D eigenvalue weighted by molar-refractivity contribution is 0.102. The van der Waals surface area contributed by atoms with E-state index in [-0.39, 0.29) is 5.91 Å². The third kappa shape index (κ3) is 3.92. The standard InChI is InChI=1S/C22H17N3O2S/c1-27-20-6-2-4-15(9-20)22(26)25-19-8-17(12-24-13-19)21-10-18(14-28-21)16-5-3-7-23-11-16/h2-14H,1H3,(H,25,26). The molecule has 4 rings (SSSR count). The van der Waals surface area contributed by atoms with E-state index < -0.39 is 0 Å². The van der Waals surface area contributed by atoms with Crippen molar-refractivity contribution in [1.82, 2.24) is 9.97 Å². The topological polar surface area (TPSA) is 64.1 Å². The summed E-state index contributed by atoms with van der Waals surface area (Å²) >= 11 is 1.63. The number of carbonyl (C=O) groups excluding carboxylic acids is 1. The number of pyridine rings is 2. The maximum Gasteiger partial charge on any atom is 0.255 e. The third-order valence-corrected chi connectivity index (χ3v) is 5.19. The number of rotatable bonds is 5. The van der Waals surface area contributed by atoms with Crippen molar-refractivity contribution in [3.63, 3.8) is 0 Å². The monoisotopic (exact) mass is 387 g/mol. The van der Waals surface area contributed by atoms with Gasteiger partial charge in [-0.05, 0) is 47.3 Å². The molecular formula is C22H17N3O2S. The molecule has 28 heavy (non-hydrogen) atoms. The van der Waals surface area contributed by atoms with Crippen molar-refractivity contribution in [3.05, 3.63) is 84.3 Å². The van der Waals surface area contributed by atoms with Crippen LogP contribution in [0.4, 0.5) is 5.69 Å². The fraction of sp³-hybridized carbons (Fsp3) is 0.0455. The van der Waals surface area contributed by atoms with Gasteiger partial charge in [0.25, 0.3) is 5.91 Å². The minimum absolute atomic E-state index is 0.208. The van der Waals surface area contributed by atoms with Crippen molar-refractivity contribution in [2.24, 2.45) is 0 Å². The number of hydrogen-bond acceptors (Lipinski definition) is 5. The van der Waals surface area contributed by atoms with Crippen LogP contribution < -0.4 is 10.1 Å².